The molecule has 4 heteroatoms. The van der Waals surface area contributed by atoms with Crippen LogP contribution in [0.25, 0.3) is 0 Å². The highest BCUT2D eigenvalue weighted by molar-refractivity contribution is 5.47. The van der Waals surface area contributed by atoms with Crippen molar-refractivity contribution in [3.05, 3.63) is 47.2 Å². The van der Waals surface area contributed by atoms with Crippen LogP contribution in [0.2, 0.25) is 0 Å². The first-order valence-corrected chi connectivity index (χ1v) is 6.80. The van der Waals surface area contributed by atoms with E-state index in [4.69, 9.17) is 0 Å². The fourth-order valence-corrected chi connectivity index (χ4v) is 2.55. The van der Waals surface area contributed by atoms with Gasteiger partial charge >= 0.3 is 0 Å². The molecule has 2 aromatic rings. The second kappa shape index (κ2) is 5.34. The lowest BCUT2D eigenvalue weighted by Crippen LogP contribution is -2.12. The molecule has 4 nitrogen and oxygen atoms in total. The van der Waals surface area contributed by atoms with Gasteiger partial charge < -0.3 is 5.32 Å². The average Bonchev–Trinajstić information content (AvgIpc) is 2.46. The van der Waals surface area contributed by atoms with Crippen LogP contribution in [0, 0.1) is 6.92 Å². The standard InChI is InChI=1S/C15H18N4/c1-11-8-16-7-6-12(11)9-17-15-13-4-2-3-5-14(13)18-10-19-15/h6-8,10H,2-5,9H2,1H3,(H,17,18,19). The number of hydrogen-bond donors (Lipinski definition) is 1. The smallest absolute Gasteiger partial charge is 0.133 e. The van der Waals surface area contributed by atoms with Crippen molar-refractivity contribution in [1.29, 1.82) is 0 Å². The molecule has 0 bridgehead atoms. The summed E-state index contributed by atoms with van der Waals surface area (Å²) >= 11 is 0. The summed E-state index contributed by atoms with van der Waals surface area (Å²) in [7, 11) is 0. The van der Waals surface area contributed by atoms with E-state index in [0.29, 0.717) is 0 Å². The van der Waals surface area contributed by atoms with Crippen LogP contribution in [0.1, 0.15) is 35.2 Å². The first-order chi connectivity index (χ1) is 9.34. The second-order valence-corrected chi connectivity index (χ2v) is 5.01. The molecule has 0 amide bonds. The molecule has 3 rings (SSSR count). The van der Waals surface area contributed by atoms with Crippen molar-refractivity contribution in [2.45, 2.75) is 39.2 Å². The van der Waals surface area contributed by atoms with E-state index in [9.17, 15) is 0 Å². The van der Waals surface area contributed by atoms with Crippen LogP contribution in [-0.4, -0.2) is 15.0 Å². The monoisotopic (exact) mass is 254 g/mol. The van der Waals surface area contributed by atoms with Crippen molar-refractivity contribution in [2.24, 2.45) is 0 Å². The Labute approximate surface area is 113 Å². The minimum absolute atomic E-state index is 0.789. The van der Waals surface area contributed by atoms with Gasteiger partial charge in [0.15, 0.2) is 0 Å². The molecule has 1 N–H and O–H groups in total. The van der Waals surface area contributed by atoms with E-state index in [0.717, 1.165) is 25.2 Å². The molecule has 0 saturated carbocycles. The van der Waals surface area contributed by atoms with Gasteiger partial charge in [0.2, 0.25) is 0 Å². The van der Waals surface area contributed by atoms with Crippen molar-refractivity contribution in [3.63, 3.8) is 0 Å². The summed E-state index contributed by atoms with van der Waals surface area (Å²) in [6, 6.07) is 2.05. The number of aromatic nitrogens is 3. The minimum atomic E-state index is 0.789. The van der Waals surface area contributed by atoms with Crippen molar-refractivity contribution >= 4 is 5.82 Å². The highest BCUT2D eigenvalue weighted by Gasteiger charge is 2.15. The van der Waals surface area contributed by atoms with Crippen LogP contribution in [0.3, 0.4) is 0 Å². The Balaban J connectivity index is 1.79. The lowest BCUT2D eigenvalue weighted by molar-refractivity contribution is 0.663. The molecule has 98 valence electrons. The van der Waals surface area contributed by atoms with Gasteiger partial charge in [-0.25, -0.2) is 9.97 Å². The van der Waals surface area contributed by atoms with E-state index in [1.165, 1.54) is 35.2 Å². The number of nitrogens with one attached hydrogen (secondary N) is 1. The number of hydrogen-bond acceptors (Lipinski definition) is 4. The Bertz CT molecular complexity index is 580. The Morgan fingerprint density at radius 3 is 3.00 bits per heavy atom. The molecule has 1 aliphatic carbocycles. The predicted molar refractivity (Wildman–Crippen MR) is 75.0 cm³/mol. The molecule has 19 heavy (non-hydrogen) atoms. The third-order valence-electron chi connectivity index (χ3n) is 3.71. The topological polar surface area (TPSA) is 50.7 Å². The first kappa shape index (κ1) is 12.1. The normalized spacial score (nSPS) is 13.9. The minimum Gasteiger partial charge on any atom is -0.366 e. The molecule has 0 atom stereocenters. The van der Waals surface area contributed by atoms with E-state index in [2.05, 4.69) is 33.3 Å². The van der Waals surface area contributed by atoms with Crippen LogP contribution >= 0.6 is 0 Å². The largest absolute Gasteiger partial charge is 0.366 e. The summed E-state index contributed by atoms with van der Waals surface area (Å²) in [4.78, 5) is 12.9. The molecule has 0 spiro atoms. The molecule has 1 aliphatic rings. The van der Waals surface area contributed by atoms with E-state index in [1.807, 2.05) is 12.4 Å². The van der Waals surface area contributed by atoms with E-state index >= 15 is 0 Å². The maximum Gasteiger partial charge on any atom is 0.133 e. The number of nitrogens with zero attached hydrogens (tertiary/aromatic N) is 3. The Morgan fingerprint density at radius 2 is 2.11 bits per heavy atom. The van der Waals surface area contributed by atoms with Crippen molar-refractivity contribution < 1.29 is 0 Å². The van der Waals surface area contributed by atoms with Gasteiger partial charge in [0.1, 0.15) is 12.1 Å². The van der Waals surface area contributed by atoms with Crippen molar-refractivity contribution in [3.8, 4) is 0 Å². The Hall–Kier alpha value is -1.97. The lowest BCUT2D eigenvalue weighted by Gasteiger charge is -2.18. The number of fused-ring (bicyclic) bond motifs is 1. The Morgan fingerprint density at radius 1 is 1.21 bits per heavy atom. The average molecular weight is 254 g/mol. The predicted octanol–water partition coefficient (Wildman–Crippen LogP) is 2.67. The summed E-state index contributed by atoms with van der Waals surface area (Å²) in [6.07, 6.45) is 10.1. The van der Waals surface area contributed by atoms with Gasteiger partial charge in [0.25, 0.3) is 0 Å². The number of anilines is 1. The number of pyridine rings is 1. The van der Waals surface area contributed by atoms with E-state index in [1.54, 1.807) is 6.33 Å². The zero-order chi connectivity index (χ0) is 13.1. The Kier molecular flexibility index (Phi) is 3.40. The summed E-state index contributed by atoms with van der Waals surface area (Å²) in [6.45, 7) is 2.87. The summed E-state index contributed by atoms with van der Waals surface area (Å²) in [5, 5.41) is 3.45. The van der Waals surface area contributed by atoms with Crippen LogP contribution in [-0.2, 0) is 19.4 Å². The van der Waals surface area contributed by atoms with Crippen molar-refractivity contribution in [1.82, 2.24) is 15.0 Å². The zero-order valence-electron chi connectivity index (χ0n) is 11.2. The molecule has 0 aliphatic heterocycles. The fourth-order valence-electron chi connectivity index (χ4n) is 2.55. The summed E-state index contributed by atoms with van der Waals surface area (Å²) in [5.41, 5.74) is 4.99. The van der Waals surface area contributed by atoms with Crippen LogP contribution in [0.5, 0.6) is 0 Å². The molecular formula is C15H18N4. The van der Waals surface area contributed by atoms with Gasteiger partial charge in [-0.3, -0.25) is 4.98 Å². The number of aryl methyl sites for hydroxylation is 2. The van der Waals surface area contributed by atoms with Crippen LogP contribution in [0.15, 0.2) is 24.8 Å². The molecule has 0 saturated heterocycles. The molecule has 0 aromatic carbocycles. The van der Waals surface area contributed by atoms with E-state index in [-0.39, 0.29) is 0 Å². The van der Waals surface area contributed by atoms with Crippen LogP contribution in [0.4, 0.5) is 5.82 Å². The highest BCUT2D eigenvalue weighted by atomic mass is 15.0. The SMILES string of the molecule is Cc1cnccc1CNc1ncnc2c1CCCC2. The fraction of sp³-hybridized carbons (Fsp3) is 0.400. The van der Waals surface area contributed by atoms with Gasteiger partial charge in [-0.15, -0.1) is 0 Å². The second-order valence-electron chi connectivity index (χ2n) is 5.01. The maximum atomic E-state index is 4.40. The molecule has 0 radical (unpaired) electrons. The van der Waals surface area contributed by atoms with Gasteiger partial charge in [-0.05, 0) is 49.8 Å². The molecule has 0 fully saturated rings. The third kappa shape index (κ3) is 2.57. The molecular weight excluding hydrogens is 236 g/mol. The van der Waals surface area contributed by atoms with Gasteiger partial charge in [0, 0.05) is 30.2 Å². The van der Waals surface area contributed by atoms with Gasteiger partial charge in [0.05, 0.1) is 0 Å². The lowest BCUT2D eigenvalue weighted by atomic mass is 9.96. The highest BCUT2D eigenvalue weighted by Crippen LogP contribution is 2.24. The summed E-state index contributed by atoms with van der Waals surface area (Å²) in [5.74, 6) is 1.00. The van der Waals surface area contributed by atoms with Gasteiger partial charge in [-0.2, -0.15) is 0 Å². The zero-order valence-corrected chi connectivity index (χ0v) is 11.2. The van der Waals surface area contributed by atoms with E-state index < -0.39 is 0 Å². The number of rotatable bonds is 3. The third-order valence-corrected chi connectivity index (χ3v) is 3.71. The molecule has 0 unspecified atom stereocenters. The summed E-state index contributed by atoms with van der Waals surface area (Å²) < 4.78 is 0. The first-order valence-electron chi connectivity index (χ1n) is 6.80. The van der Waals surface area contributed by atoms with Crippen molar-refractivity contribution in [2.75, 3.05) is 5.32 Å². The van der Waals surface area contributed by atoms with Crippen LogP contribution < -0.4 is 5.32 Å². The molecule has 2 aromatic heterocycles. The molecule has 2 heterocycles. The quantitative estimate of drug-likeness (QED) is 0.915. The maximum absolute atomic E-state index is 4.40. The van der Waals surface area contributed by atoms with Gasteiger partial charge in [-0.1, -0.05) is 0 Å².